The number of hydrogen-bond donors (Lipinski definition) is 0. The van der Waals surface area contributed by atoms with Crippen LogP contribution in [-0.4, -0.2) is 0 Å². The summed E-state index contributed by atoms with van der Waals surface area (Å²) >= 11 is 2.28. The second-order valence-corrected chi connectivity index (χ2v) is 3.54. The molecule has 0 aromatic heterocycles. The van der Waals surface area contributed by atoms with E-state index in [2.05, 4.69) is 48.6 Å². The number of unbranched alkanes of at least 4 members (excludes halogenated alkanes) is 1. The second-order valence-electron chi connectivity index (χ2n) is 2.30. The van der Waals surface area contributed by atoms with E-state index in [9.17, 15) is 0 Å². The fraction of sp³-hybridized carbons (Fsp3) is 0.500. The van der Waals surface area contributed by atoms with E-state index in [0.29, 0.717) is 0 Å². The van der Waals surface area contributed by atoms with Gasteiger partial charge in [-0.25, -0.2) is 0 Å². The van der Waals surface area contributed by atoms with Gasteiger partial charge in [-0.1, -0.05) is 58.7 Å². The summed E-state index contributed by atoms with van der Waals surface area (Å²) in [5.41, 5.74) is 0. The molecule has 0 aliphatic rings. The first-order valence-corrected chi connectivity index (χ1v) is 6.09. The summed E-state index contributed by atoms with van der Waals surface area (Å²) in [6.07, 6.45) is 2.64. The molecule has 0 heterocycles. The number of hydrogen-bond acceptors (Lipinski definition) is 0. The second kappa shape index (κ2) is 14.5. The summed E-state index contributed by atoms with van der Waals surface area (Å²) in [5, 5.41) is 0. The molecular formula is C12H21I. The van der Waals surface area contributed by atoms with Crippen LogP contribution in [0.5, 0.6) is 0 Å². The van der Waals surface area contributed by atoms with Crippen molar-refractivity contribution in [2.75, 3.05) is 0 Å². The van der Waals surface area contributed by atoms with E-state index in [1.165, 1.54) is 16.4 Å². The Bertz CT molecular complexity index is 156. The fourth-order valence-corrected chi connectivity index (χ4v) is 0.830. The molecule has 0 atom stereocenters. The van der Waals surface area contributed by atoms with Crippen LogP contribution in [0.3, 0.4) is 0 Å². The van der Waals surface area contributed by atoms with Crippen molar-refractivity contribution in [1.29, 1.82) is 0 Å². The quantitative estimate of drug-likeness (QED) is 0.630. The van der Waals surface area contributed by atoms with E-state index >= 15 is 0 Å². The predicted octanol–water partition coefficient (Wildman–Crippen LogP) is 5.12. The van der Waals surface area contributed by atoms with E-state index in [1.807, 2.05) is 32.0 Å². The van der Waals surface area contributed by atoms with Crippen molar-refractivity contribution < 1.29 is 0 Å². The zero-order valence-corrected chi connectivity index (χ0v) is 11.3. The average molecular weight is 292 g/mol. The van der Waals surface area contributed by atoms with Gasteiger partial charge in [0, 0.05) is 3.57 Å². The Morgan fingerprint density at radius 2 is 1.31 bits per heavy atom. The van der Waals surface area contributed by atoms with E-state index in [-0.39, 0.29) is 0 Å². The minimum Gasteiger partial charge on any atom is -0.0683 e. The number of benzene rings is 1. The standard InChI is InChI=1S/C6H5I.C4H10.C2H6/c7-6-4-2-1-3-5-6;1-3-4-2;1-2/h1-5H;3-4H2,1-2H3;1-2H3. The first-order valence-electron chi connectivity index (χ1n) is 5.01. The third-order valence-corrected chi connectivity index (χ3v) is 1.95. The molecule has 0 aliphatic heterocycles. The topological polar surface area (TPSA) is 0 Å². The van der Waals surface area contributed by atoms with Gasteiger partial charge < -0.3 is 0 Å². The number of rotatable bonds is 1. The first-order chi connectivity index (χ1) is 6.31. The molecule has 0 amide bonds. The molecule has 76 valence electrons. The third-order valence-electron chi connectivity index (χ3n) is 1.23. The van der Waals surface area contributed by atoms with Gasteiger partial charge in [-0.3, -0.25) is 0 Å². The van der Waals surface area contributed by atoms with Crippen LogP contribution in [0.1, 0.15) is 40.5 Å². The Labute approximate surface area is 96.9 Å². The van der Waals surface area contributed by atoms with Crippen LogP contribution < -0.4 is 0 Å². The van der Waals surface area contributed by atoms with Crippen molar-refractivity contribution in [2.24, 2.45) is 0 Å². The first kappa shape index (κ1) is 15.4. The fourth-order valence-electron chi connectivity index (χ4n) is 0.415. The molecule has 0 bridgehead atoms. The summed E-state index contributed by atoms with van der Waals surface area (Å²) < 4.78 is 1.29. The molecule has 13 heavy (non-hydrogen) atoms. The van der Waals surface area contributed by atoms with Crippen LogP contribution in [0, 0.1) is 3.57 Å². The van der Waals surface area contributed by atoms with Crippen molar-refractivity contribution in [2.45, 2.75) is 40.5 Å². The van der Waals surface area contributed by atoms with Gasteiger partial charge in [0.2, 0.25) is 0 Å². The van der Waals surface area contributed by atoms with Gasteiger partial charge >= 0.3 is 0 Å². The lowest BCUT2D eigenvalue weighted by molar-refractivity contribution is 0.886. The van der Waals surface area contributed by atoms with Crippen molar-refractivity contribution in [1.82, 2.24) is 0 Å². The molecule has 0 unspecified atom stereocenters. The zero-order chi connectivity index (χ0) is 10.5. The van der Waals surface area contributed by atoms with Gasteiger partial charge in [-0.2, -0.15) is 0 Å². The van der Waals surface area contributed by atoms with Crippen molar-refractivity contribution in [3.05, 3.63) is 33.9 Å². The molecule has 1 aromatic carbocycles. The maximum atomic E-state index is 2.28. The minimum absolute atomic E-state index is 1.29. The van der Waals surface area contributed by atoms with Crippen LogP contribution in [0.25, 0.3) is 0 Å². The third kappa shape index (κ3) is 14.8. The van der Waals surface area contributed by atoms with E-state index in [0.717, 1.165) is 0 Å². The molecule has 0 spiro atoms. The molecule has 1 heteroatoms. The Morgan fingerprint density at radius 1 is 0.923 bits per heavy atom. The van der Waals surface area contributed by atoms with Crippen LogP contribution in [0.15, 0.2) is 30.3 Å². The van der Waals surface area contributed by atoms with Crippen molar-refractivity contribution >= 4 is 22.6 Å². The highest BCUT2D eigenvalue weighted by atomic mass is 127. The molecule has 0 aliphatic carbocycles. The van der Waals surface area contributed by atoms with Gasteiger partial charge in [0.1, 0.15) is 0 Å². The molecule has 1 rings (SSSR count). The van der Waals surface area contributed by atoms with Crippen molar-refractivity contribution in [3.8, 4) is 0 Å². The van der Waals surface area contributed by atoms with Gasteiger partial charge in [0.25, 0.3) is 0 Å². The van der Waals surface area contributed by atoms with Crippen molar-refractivity contribution in [3.63, 3.8) is 0 Å². The summed E-state index contributed by atoms with van der Waals surface area (Å²) in [7, 11) is 0. The van der Waals surface area contributed by atoms with Crippen LogP contribution >= 0.6 is 22.6 Å². The SMILES string of the molecule is CC.CCCC.Ic1ccccc1. The van der Waals surface area contributed by atoms with Crippen LogP contribution in [-0.2, 0) is 0 Å². The highest BCUT2D eigenvalue weighted by molar-refractivity contribution is 14.1. The van der Waals surface area contributed by atoms with Crippen LogP contribution in [0.2, 0.25) is 0 Å². The lowest BCUT2D eigenvalue weighted by Crippen LogP contribution is -1.61. The molecule has 0 nitrogen and oxygen atoms in total. The van der Waals surface area contributed by atoms with E-state index in [4.69, 9.17) is 0 Å². The summed E-state index contributed by atoms with van der Waals surface area (Å²) in [6, 6.07) is 10.2. The Balaban J connectivity index is 0. The molecule has 1 aromatic rings. The van der Waals surface area contributed by atoms with Gasteiger partial charge in [0.15, 0.2) is 0 Å². The normalized spacial score (nSPS) is 7.46. The smallest absolute Gasteiger partial charge is 0.0130 e. The minimum atomic E-state index is 1.29. The molecule has 0 radical (unpaired) electrons. The lowest BCUT2D eigenvalue weighted by atomic mass is 10.4. The Morgan fingerprint density at radius 3 is 1.46 bits per heavy atom. The summed E-state index contributed by atoms with van der Waals surface area (Å²) in [5.74, 6) is 0. The molecular weight excluding hydrogens is 271 g/mol. The van der Waals surface area contributed by atoms with Crippen LogP contribution in [0.4, 0.5) is 0 Å². The molecule has 0 N–H and O–H groups in total. The predicted molar refractivity (Wildman–Crippen MR) is 71.1 cm³/mol. The Hall–Kier alpha value is -0.0500. The average Bonchev–Trinajstić information content (AvgIpc) is 2.22. The highest BCUT2D eigenvalue weighted by Gasteiger charge is 1.74. The largest absolute Gasteiger partial charge is 0.0683 e. The molecule has 0 fully saturated rings. The number of halogens is 1. The van der Waals surface area contributed by atoms with Gasteiger partial charge in [-0.15, -0.1) is 0 Å². The molecule has 0 saturated carbocycles. The zero-order valence-electron chi connectivity index (χ0n) is 9.18. The monoisotopic (exact) mass is 292 g/mol. The van der Waals surface area contributed by atoms with E-state index in [1.54, 1.807) is 0 Å². The maximum Gasteiger partial charge on any atom is 0.0130 e. The van der Waals surface area contributed by atoms with Gasteiger partial charge in [0.05, 0.1) is 0 Å². The highest BCUT2D eigenvalue weighted by Crippen LogP contribution is 1.99. The van der Waals surface area contributed by atoms with E-state index < -0.39 is 0 Å². The summed E-state index contributed by atoms with van der Waals surface area (Å²) in [6.45, 7) is 8.36. The lowest BCUT2D eigenvalue weighted by Gasteiger charge is -1.80. The Kier molecular flexibility index (Phi) is 17.2. The summed E-state index contributed by atoms with van der Waals surface area (Å²) in [4.78, 5) is 0. The molecule has 0 saturated heterocycles. The van der Waals surface area contributed by atoms with Gasteiger partial charge in [-0.05, 0) is 34.7 Å². The maximum absolute atomic E-state index is 2.28.